The maximum atomic E-state index is 12.8. The van der Waals surface area contributed by atoms with Crippen molar-refractivity contribution in [2.45, 2.75) is 25.4 Å². The highest BCUT2D eigenvalue weighted by Crippen LogP contribution is 2.31. The van der Waals surface area contributed by atoms with Crippen LogP contribution in [0.25, 0.3) is 26.8 Å². The summed E-state index contributed by atoms with van der Waals surface area (Å²) in [5, 5.41) is 14.3. The van der Waals surface area contributed by atoms with E-state index in [0.29, 0.717) is 19.6 Å². The average molecular weight is 489 g/mol. The number of amides is 1. The number of nitrogens with one attached hydrogen (secondary N) is 2. The molecule has 0 unspecified atom stereocenters. The molecule has 1 amide bonds. The fourth-order valence-corrected chi connectivity index (χ4v) is 5.62. The van der Waals surface area contributed by atoms with Gasteiger partial charge >= 0.3 is 0 Å². The molecule has 8 nitrogen and oxygen atoms in total. The standard InChI is InChI=1S/C26H28N6O2S/c33-19-6-9-31(10-7-19)15-25(34)32-11-4-17(5-12-32)23-14-20-21(3-8-27-26(20)30-23)29-18-1-2-22-24(13-18)35-16-28-22/h1-4,8,13-14,16,19,33H,5-7,9-12,15H2,(H2,27,29,30). The van der Waals surface area contributed by atoms with E-state index in [1.165, 1.54) is 5.57 Å². The summed E-state index contributed by atoms with van der Waals surface area (Å²) < 4.78 is 1.15. The van der Waals surface area contributed by atoms with E-state index in [0.717, 1.165) is 70.7 Å². The zero-order valence-corrected chi connectivity index (χ0v) is 20.2. The van der Waals surface area contributed by atoms with E-state index in [1.807, 2.05) is 34.8 Å². The Labute approximate surface area is 207 Å². The number of aromatic nitrogens is 3. The van der Waals surface area contributed by atoms with Crippen molar-refractivity contribution in [3.8, 4) is 0 Å². The quantitative estimate of drug-likeness (QED) is 0.393. The maximum Gasteiger partial charge on any atom is 0.237 e. The number of aromatic amines is 1. The van der Waals surface area contributed by atoms with Gasteiger partial charge in [-0.05, 0) is 55.2 Å². The number of thiazole rings is 1. The number of carbonyl (C=O) groups excluding carboxylic acids is 1. The summed E-state index contributed by atoms with van der Waals surface area (Å²) in [4.78, 5) is 29.2. The number of aliphatic hydroxyl groups is 1. The van der Waals surface area contributed by atoms with Crippen molar-refractivity contribution in [1.29, 1.82) is 0 Å². The van der Waals surface area contributed by atoms with E-state index < -0.39 is 0 Å². The molecule has 0 radical (unpaired) electrons. The molecule has 0 bridgehead atoms. The molecule has 3 aromatic heterocycles. The molecule has 1 saturated heterocycles. The van der Waals surface area contributed by atoms with Crippen molar-refractivity contribution in [3.63, 3.8) is 0 Å². The molecule has 3 N–H and O–H groups in total. The van der Waals surface area contributed by atoms with Crippen LogP contribution in [0.3, 0.4) is 0 Å². The van der Waals surface area contributed by atoms with Gasteiger partial charge in [0.2, 0.25) is 5.91 Å². The van der Waals surface area contributed by atoms with Crippen molar-refractivity contribution in [3.05, 3.63) is 53.8 Å². The number of pyridine rings is 1. The van der Waals surface area contributed by atoms with Crippen molar-refractivity contribution >= 4 is 55.4 Å². The predicted octanol–water partition coefficient (Wildman–Crippen LogP) is 3.99. The van der Waals surface area contributed by atoms with Crippen molar-refractivity contribution in [2.75, 3.05) is 38.0 Å². The van der Waals surface area contributed by atoms with Gasteiger partial charge in [0.05, 0.1) is 34.1 Å². The summed E-state index contributed by atoms with van der Waals surface area (Å²) in [6, 6.07) is 10.3. The number of H-pyrrole nitrogens is 1. The normalized spacial score (nSPS) is 17.7. The van der Waals surface area contributed by atoms with E-state index in [2.05, 4.69) is 43.4 Å². The number of piperidine rings is 1. The first-order chi connectivity index (χ1) is 17.1. The summed E-state index contributed by atoms with van der Waals surface area (Å²) in [6.07, 6.45) is 6.06. The lowest BCUT2D eigenvalue weighted by atomic mass is 10.0. The van der Waals surface area contributed by atoms with E-state index in [4.69, 9.17) is 0 Å². The molecule has 0 atom stereocenters. The summed E-state index contributed by atoms with van der Waals surface area (Å²) >= 11 is 1.63. The number of anilines is 2. The van der Waals surface area contributed by atoms with Gasteiger partial charge in [0.25, 0.3) is 0 Å². The molecule has 6 rings (SSSR count). The Hall–Kier alpha value is -3.27. The van der Waals surface area contributed by atoms with Crippen LogP contribution >= 0.6 is 11.3 Å². The number of hydrogen-bond donors (Lipinski definition) is 3. The molecule has 1 fully saturated rings. The molecule has 4 aromatic rings. The highest BCUT2D eigenvalue weighted by atomic mass is 32.1. The van der Waals surface area contributed by atoms with Crippen molar-refractivity contribution in [1.82, 2.24) is 24.8 Å². The van der Waals surface area contributed by atoms with Crippen LogP contribution < -0.4 is 5.32 Å². The molecule has 0 saturated carbocycles. The molecule has 5 heterocycles. The molecular weight excluding hydrogens is 460 g/mol. The summed E-state index contributed by atoms with van der Waals surface area (Å²) in [7, 11) is 0. The number of nitrogens with zero attached hydrogens (tertiary/aromatic N) is 4. The van der Waals surface area contributed by atoms with E-state index in [1.54, 1.807) is 11.3 Å². The monoisotopic (exact) mass is 488 g/mol. The van der Waals surface area contributed by atoms with Crippen LogP contribution in [0, 0.1) is 0 Å². The van der Waals surface area contributed by atoms with Crippen LogP contribution in [0.5, 0.6) is 0 Å². The Balaban J connectivity index is 1.15. The molecule has 35 heavy (non-hydrogen) atoms. The molecule has 0 spiro atoms. The topological polar surface area (TPSA) is 97.4 Å². The molecule has 9 heteroatoms. The number of likely N-dealkylation sites (tertiary alicyclic amines) is 1. The van der Waals surface area contributed by atoms with E-state index >= 15 is 0 Å². The van der Waals surface area contributed by atoms with Crippen LogP contribution in [0.15, 0.2) is 48.1 Å². The summed E-state index contributed by atoms with van der Waals surface area (Å²) in [5.74, 6) is 0.166. The smallest absolute Gasteiger partial charge is 0.237 e. The van der Waals surface area contributed by atoms with Crippen molar-refractivity contribution in [2.24, 2.45) is 0 Å². The Morgan fingerprint density at radius 1 is 1.17 bits per heavy atom. The van der Waals surface area contributed by atoms with Gasteiger partial charge < -0.3 is 20.3 Å². The fourth-order valence-electron chi connectivity index (χ4n) is 4.91. The summed E-state index contributed by atoms with van der Waals surface area (Å²) in [6.45, 7) is 3.35. The third-order valence-corrected chi connectivity index (χ3v) is 7.76. The predicted molar refractivity (Wildman–Crippen MR) is 140 cm³/mol. The largest absolute Gasteiger partial charge is 0.393 e. The van der Waals surface area contributed by atoms with Crippen molar-refractivity contribution < 1.29 is 9.90 Å². The first-order valence-electron chi connectivity index (χ1n) is 12.1. The highest BCUT2D eigenvalue weighted by molar-refractivity contribution is 7.16. The van der Waals surface area contributed by atoms with Gasteiger partial charge in [0, 0.05) is 49.1 Å². The molecule has 2 aliphatic heterocycles. The van der Waals surface area contributed by atoms with Crippen LogP contribution in [0.2, 0.25) is 0 Å². The van der Waals surface area contributed by atoms with Crippen LogP contribution in [-0.2, 0) is 4.79 Å². The SMILES string of the molecule is O=C(CN1CCC(O)CC1)N1CC=C(c2cc3c(Nc4ccc5ncsc5c4)ccnc3[nH]2)CC1. The number of benzene rings is 1. The Kier molecular flexibility index (Phi) is 5.97. The van der Waals surface area contributed by atoms with Gasteiger partial charge in [0.1, 0.15) is 5.65 Å². The van der Waals surface area contributed by atoms with Gasteiger partial charge in [0.15, 0.2) is 0 Å². The van der Waals surface area contributed by atoms with Gasteiger partial charge in [-0.25, -0.2) is 9.97 Å². The maximum absolute atomic E-state index is 12.8. The lowest BCUT2D eigenvalue weighted by Gasteiger charge is -2.32. The lowest BCUT2D eigenvalue weighted by molar-refractivity contribution is -0.132. The first-order valence-corrected chi connectivity index (χ1v) is 13.0. The molecule has 1 aromatic carbocycles. The Bertz CT molecular complexity index is 1400. The van der Waals surface area contributed by atoms with Crippen LogP contribution in [-0.4, -0.2) is 74.6 Å². The number of carbonyl (C=O) groups is 1. The highest BCUT2D eigenvalue weighted by Gasteiger charge is 2.24. The second-order valence-electron chi connectivity index (χ2n) is 9.29. The number of rotatable bonds is 5. The zero-order chi connectivity index (χ0) is 23.8. The number of aliphatic hydroxyl groups excluding tert-OH is 1. The lowest BCUT2D eigenvalue weighted by Crippen LogP contribution is -2.45. The third-order valence-electron chi connectivity index (χ3n) is 6.97. The second kappa shape index (κ2) is 9.41. The van der Waals surface area contributed by atoms with Gasteiger partial charge in [-0.1, -0.05) is 6.08 Å². The van der Waals surface area contributed by atoms with E-state index in [-0.39, 0.29) is 12.0 Å². The fraction of sp³-hybridized carbons (Fsp3) is 0.346. The number of fused-ring (bicyclic) bond motifs is 2. The minimum absolute atomic E-state index is 0.166. The molecule has 2 aliphatic rings. The average Bonchev–Trinajstić information content (AvgIpc) is 3.53. The summed E-state index contributed by atoms with van der Waals surface area (Å²) in [5.41, 5.74) is 8.00. The molecular formula is C26H28N6O2S. The van der Waals surface area contributed by atoms with Gasteiger partial charge in [-0.15, -0.1) is 11.3 Å². The van der Waals surface area contributed by atoms with Gasteiger partial charge in [-0.2, -0.15) is 0 Å². The van der Waals surface area contributed by atoms with Crippen LogP contribution in [0.1, 0.15) is 25.0 Å². The van der Waals surface area contributed by atoms with Crippen LogP contribution in [0.4, 0.5) is 11.4 Å². The molecule has 180 valence electrons. The third kappa shape index (κ3) is 4.67. The zero-order valence-electron chi connectivity index (χ0n) is 19.4. The second-order valence-corrected chi connectivity index (χ2v) is 10.2. The van der Waals surface area contributed by atoms with E-state index in [9.17, 15) is 9.90 Å². The Morgan fingerprint density at radius 3 is 2.89 bits per heavy atom. The van der Waals surface area contributed by atoms with Gasteiger partial charge in [-0.3, -0.25) is 9.69 Å². The first kappa shape index (κ1) is 22.2. The molecule has 0 aliphatic carbocycles. The Morgan fingerprint density at radius 2 is 2.06 bits per heavy atom. The minimum Gasteiger partial charge on any atom is -0.393 e. The number of hydrogen-bond acceptors (Lipinski definition) is 7. The minimum atomic E-state index is -0.217.